The second-order valence-corrected chi connectivity index (χ2v) is 20.3. The monoisotopic (exact) mass is 1220 g/mol. The lowest BCUT2D eigenvalue weighted by molar-refractivity contribution is -0.140. The van der Waals surface area contributed by atoms with Crippen LogP contribution in [0, 0.1) is 0 Å². The summed E-state index contributed by atoms with van der Waals surface area (Å²) in [5, 5.41) is 38.8. The van der Waals surface area contributed by atoms with Crippen molar-refractivity contribution < 1.29 is 43.2 Å². The largest absolute Gasteiger partial charge is 0.344 e. The summed E-state index contributed by atoms with van der Waals surface area (Å²) < 4.78 is 0. The highest BCUT2D eigenvalue weighted by Gasteiger charge is 2.35. The van der Waals surface area contributed by atoms with E-state index in [0.717, 1.165) is 0 Å². The summed E-state index contributed by atoms with van der Waals surface area (Å²) in [6.45, 7) is 2.53. The van der Waals surface area contributed by atoms with Crippen LogP contribution in [-0.2, 0) is 43.2 Å². The Hall–Kier alpha value is -4.84. The number of nitrogens with one attached hydrogen (secondary N) is 14. The normalized spacial score (nSPS) is 14.7. The third kappa shape index (κ3) is 40.3. The van der Waals surface area contributed by atoms with Crippen molar-refractivity contribution in [2.45, 2.75) is 189 Å². The van der Waals surface area contributed by atoms with Crippen molar-refractivity contribution in [3.63, 3.8) is 0 Å². The molecule has 0 aromatic heterocycles. The molecule has 6 amide bonds. The van der Waals surface area contributed by atoms with Gasteiger partial charge < -0.3 is 118 Å². The van der Waals surface area contributed by atoms with Gasteiger partial charge >= 0.3 is 0 Å². The molecule has 8 atom stereocenters. The van der Waals surface area contributed by atoms with Crippen molar-refractivity contribution in [1.82, 2.24) is 74.4 Å². The van der Waals surface area contributed by atoms with E-state index in [2.05, 4.69) is 79.3 Å². The van der Waals surface area contributed by atoms with Gasteiger partial charge in [0.2, 0.25) is 47.0 Å². The second-order valence-electron chi connectivity index (χ2n) is 20.3. The Morgan fingerprint density at radius 1 is 0.282 bits per heavy atom. The molecule has 46 N–H and O–H groups in total. The Balaban J connectivity index is 7.35. The minimum atomic E-state index is -1.42. The summed E-state index contributed by atoms with van der Waals surface area (Å²) >= 11 is 0. The molecule has 0 aromatic rings. The van der Waals surface area contributed by atoms with E-state index in [1.807, 2.05) is 0 Å². The van der Waals surface area contributed by atoms with Gasteiger partial charge in [0.1, 0.15) is 81.0 Å². The van der Waals surface area contributed by atoms with Crippen LogP contribution in [-0.4, -0.2) is 192 Å². The van der Waals surface area contributed by atoms with E-state index >= 15 is 0 Å². The third-order valence-corrected chi connectivity index (χ3v) is 12.5. The van der Waals surface area contributed by atoms with Crippen molar-refractivity contribution in [1.29, 1.82) is 0 Å². The van der Waals surface area contributed by atoms with Crippen LogP contribution in [0.3, 0.4) is 0 Å². The van der Waals surface area contributed by atoms with Crippen LogP contribution >= 0.6 is 0 Å². The minimum absolute atomic E-state index is 0.0200. The molecule has 0 rings (SSSR count). The molecule has 0 heterocycles. The molecule has 0 spiro atoms. The molecule has 39 nitrogen and oxygen atoms in total. The van der Waals surface area contributed by atoms with E-state index in [0.29, 0.717) is 13.0 Å². The summed E-state index contributed by atoms with van der Waals surface area (Å²) in [6, 6.07) is -10.4. The van der Waals surface area contributed by atoms with Crippen molar-refractivity contribution >= 4 is 47.0 Å². The van der Waals surface area contributed by atoms with Gasteiger partial charge in [0.25, 0.3) is 0 Å². The molecule has 0 saturated heterocycles. The summed E-state index contributed by atoms with van der Waals surface area (Å²) in [6.07, 6.45) is -4.83. The Morgan fingerprint density at radius 2 is 0.471 bits per heavy atom. The van der Waals surface area contributed by atoms with Crippen molar-refractivity contribution in [2.75, 3.05) is 52.5 Å². The Kier molecular flexibility index (Phi) is 44.6. The number of carbonyl (C=O) groups is 8. The summed E-state index contributed by atoms with van der Waals surface area (Å²) in [4.78, 5) is 117. The third-order valence-electron chi connectivity index (χ3n) is 12.5. The molecular weight excluding hydrogens is 1120 g/mol. The van der Waals surface area contributed by atoms with Crippen molar-refractivity contribution in [2.24, 2.45) is 91.9 Å². The zero-order valence-corrected chi connectivity index (χ0v) is 49.1. The minimum Gasteiger partial charge on any atom is -0.344 e. The predicted molar refractivity (Wildman–Crippen MR) is 318 cm³/mol. The Labute approximate surface area is 497 Å². The smallest absolute Gasteiger partial charge is 0.243 e. The van der Waals surface area contributed by atoms with Gasteiger partial charge in [-0.05, 0) is 143 Å². The van der Waals surface area contributed by atoms with Crippen LogP contribution in [0.5, 0.6) is 0 Å². The fourth-order valence-corrected chi connectivity index (χ4v) is 8.14. The molecule has 0 radical (unpaired) electrons. The number of hydrogen-bond acceptors (Lipinski definition) is 33. The Bertz CT molecular complexity index is 1890. The number of Topliss-reactive ketones (excluding diaryl/α,β-unsaturated/α-hetero) is 2. The lowest BCUT2D eigenvalue weighted by Gasteiger charge is -2.28. The highest BCUT2D eigenvalue weighted by molar-refractivity contribution is 6.41. The first kappa shape index (κ1) is 80.2. The molecule has 0 aliphatic rings. The zero-order chi connectivity index (χ0) is 64.4. The van der Waals surface area contributed by atoms with Gasteiger partial charge in [0.15, 0.2) is 0 Å². The highest BCUT2D eigenvalue weighted by atomic mass is 16.6. The molecule has 0 aromatic carbocycles. The molecule has 0 bridgehead atoms. The summed E-state index contributed by atoms with van der Waals surface area (Å²) in [7, 11) is 0. The van der Waals surface area contributed by atoms with Crippen LogP contribution in [0.2, 0.25) is 0 Å². The lowest BCUT2D eigenvalue weighted by atomic mass is 9.99. The van der Waals surface area contributed by atoms with Crippen LogP contribution in [0.1, 0.15) is 96.8 Å². The zero-order valence-electron chi connectivity index (χ0n) is 49.1. The number of carbonyl (C=O) groups excluding carboxylic acids is 8. The fourth-order valence-electron chi connectivity index (χ4n) is 8.14. The van der Waals surface area contributed by atoms with Gasteiger partial charge in [-0.1, -0.05) is 0 Å². The quantitative estimate of drug-likeness (QED) is 0.0116. The summed E-state index contributed by atoms with van der Waals surface area (Å²) in [5.74, 6) is -1.54. The topological polar surface area (TPSA) is 731 Å². The number of rotatable bonds is 53. The standard InChI is InChI=1S/C46H108N30O9/c1-24(47)32(77)33(78)25(9-2-16-63-40(48)49)71-35(80)27(11-4-18-65-42(52)53)73-37(82)29(13-6-20-67-44(56)57)75-39(84)31(15-8-22-69-46(60)61)76-38(83)30(14-7-21-68-45(58)59)74-36(81)28(12-5-19-66-43(54)55)72-34(79)26(70-23-85-62)10-3-17-64-41(50)51/h24-31,40-46,63-70H,2-23,47-62H2,1H3,(H,71,80)(H,72,79)(H,73,82)(H,74,81)(H,75,84)(H,76,83)/t24-,25-,26-,27-,28-,29-,30-,31-/m0/s1. The fraction of sp³-hybridized carbons (Fsp3) is 0.826. The lowest BCUT2D eigenvalue weighted by Crippen LogP contribution is -2.60. The number of nitrogens with two attached hydrogens (primary N) is 16. The van der Waals surface area contributed by atoms with Crippen molar-refractivity contribution in [3.8, 4) is 0 Å². The molecule has 0 fully saturated rings. The van der Waals surface area contributed by atoms with Gasteiger partial charge in [-0.2, -0.15) is 0 Å². The maximum Gasteiger partial charge on any atom is 0.243 e. The SMILES string of the molecule is C[C@H](N)C(=O)C(=O)[C@H](CCCNC(N)N)NC(=O)[C@H](CCCNC(N)N)NC(=O)[C@H](CCCNC(N)N)NC(=O)[C@H](CCCNC(N)N)NC(=O)[C@H](CCCNC(N)N)NC(=O)[C@H](CCCNC(N)N)NC(=O)[C@H](CCCNC(N)N)NCON. The Morgan fingerprint density at radius 3 is 0.671 bits per heavy atom. The van der Waals surface area contributed by atoms with E-state index in [9.17, 15) is 38.4 Å². The van der Waals surface area contributed by atoms with Crippen LogP contribution in [0.4, 0.5) is 0 Å². The van der Waals surface area contributed by atoms with Crippen LogP contribution < -0.4 is 166 Å². The van der Waals surface area contributed by atoms with Gasteiger partial charge in [-0.25, -0.2) is 5.90 Å². The number of amides is 6. The molecule has 39 heteroatoms. The predicted octanol–water partition coefficient (Wildman–Crippen LogP) is -14.8. The highest BCUT2D eigenvalue weighted by Crippen LogP contribution is 2.10. The molecule has 0 unspecified atom stereocenters. The molecule has 0 aliphatic carbocycles. The van der Waals surface area contributed by atoms with E-state index < -0.39 is 139 Å². The van der Waals surface area contributed by atoms with E-state index in [4.69, 9.17) is 91.9 Å². The van der Waals surface area contributed by atoms with Crippen molar-refractivity contribution in [3.05, 3.63) is 0 Å². The maximum atomic E-state index is 14.7. The molecular formula is C46H108N30O9. The number of hydrogen-bond donors (Lipinski definition) is 30. The van der Waals surface area contributed by atoms with Gasteiger partial charge in [0, 0.05) is 0 Å². The summed E-state index contributed by atoms with van der Waals surface area (Å²) in [5.41, 5.74) is 85.1. The average molecular weight is 1230 g/mol. The molecule has 0 saturated carbocycles. The molecule has 496 valence electrons. The van der Waals surface area contributed by atoms with Crippen LogP contribution in [0.25, 0.3) is 0 Å². The second kappa shape index (κ2) is 47.3. The molecule has 85 heavy (non-hydrogen) atoms. The van der Waals surface area contributed by atoms with E-state index in [1.165, 1.54) is 6.92 Å². The van der Waals surface area contributed by atoms with Gasteiger partial charge in [-0.15, -0.1) is 0 Å². The van der Waals surface area contributed by atoms with E-state index in [1.54, 1.807) is 0 Å². The maximum absolute atomic E-state index is 14.7. The first-order valence-electron chi connectivity index (χ1n) is 28.5. The first-order chi connectivity index (χ1) is 40.1. The molecule has 0 aliphatic heterocycles. The van der Waals surface area contributed by atoms with Gasteiger partial charge in [-0.3, -0.25) is 85.7 Å². The number of ketones is 2. The first-order valence-corrected chi connectivity index (χ1v) is 28.5. The average Bonchev–Trinajstić information content (AvgIpc) is 3.58. The van der Waals surface area contributed by atoms with E-state index in [-0.39, 0.29) is 129 Å². The van der Waals surface area contributed by atoms with Gasteiger partial charge in [0.05, 0.1) is 18.1 Å². The van der Waals surface area contributed by atoms with Crippen LogP contribution in [0.15, 0.2) is 0 Å².